The Balaban J connectivity index is 2.25. The van der Waals surface area contributed by atoms with Crippen molar-refractivity contribution in [2.45, 2.75) is 39.0 Å². The van der Waals surface area contributed by atoms with E-state index in [0.717, 1.165) is 19.4 Å². The summed E-state index contributed by atoms with van der Waals surface area (Å²) in [4.78, 5) is 0. The lowest BCUT2D eigenvalue weighted by atomic mass is 9.85. The van der Waals surface area contributed by atoms with Crippen molar-refractivity contribution in [1.29, 1.82) is 0 Å². The van der Waals surface area contributed by atoms with Gasteiger partial charge in [-0.2, -0.15) is 0 Å². The van der Waals surface area contributed by atoms with Crippen LogP contribution in [0.1, 0.15) is 43.1 Å². The lowest BCUT2D eigenvalue weighted by Crippen LogP contribution is -2.21. The minimum atomic E-state index is 0.580. The van der Waals surface area contributed by atoms with E-state index in [4.69, 9.17) is 10.2 Å². The molecule has 2 nitrogen and oxygen atoms in total. The molecule has 1 atom stereocenters. The number of hydrogen-bond acceptors (Lipinski definition) is 2. The summed E-state index contributed by atoms with van der Waals surface area (Å²) in [5, 5.41) is 0. The minimum absolute atomic E-state index is 0.580. The first-order valence-corrected chi connectivity index (χ1v) is 5.51. The van der Waals surface area contributed by atoms with Crippen molar-refractivity contribution >= 4 is 0 Å². The van der Waals surface area contributed by atoms with Gasteiger partial charge in [0.15, 0.2) is 0 Å². The monoisotopic (exact) mass is 193 g/mol. The third-order valence-electron chi connectivity index (χ3n) is 3.25. The molecular formula is C12H19NO. The van der Waals surface area contributed by atoms with E-state index in [0.29, 0.717) is 11.8 Å². The van der Waals surface area contributed by atoms with Crippen molar-refractivity contribution in [3.8, 4) is 0 Å². The molecular weight excluding hydrogens is 174 g/mol. The fraction of sp³-hybridized carbons (Fsp3) is 0.667. The van der Waals surface area contributed by atoms with Gasteiger partial charge in [0.2, 0.25) is 0 Å². The molecule has 2 N–H and O–H groups in total. The first-order valence-electron chi connectivity index (χ1n) is 5.51. The van der Waals surface area contributed by atoms with Crippen molar-refractivity contribution < 1.29 is 4.42 Å². The summed E-state index contributed by atoms with van der Waals surface area (Å²) < 4.78 is 5.62. The van der Waals surface area contributed by atoms with Crippen LogP contribution in [0.25, 0.3) is 0 Å². The Morgan fingerprint density at radius 2 is 2.36 bits per heavy atom. The molecule has 1 heterocycles. The Bertz CT molecular complexity index is 314. The first kappa shape index (κ1) is 9.78. The third kappa shape index (κ3) is 1.59. The summed E-state index contributed by atoms with van der Waals surface area (Å²) in [5.74, 6) is 2.40. The van der Waals surface area contributed by atoms with Gasteiger partial charge < -0.3 is 10.2 Å². The standard InChI is InChI=1S/C12H19NO/c1-8(2)11-7-14-12-5-9(6-13)3-4-10(11)12/h7-9H,3-6,13H2,1-2H3. The Kier molecular flexibility index (Phi) is 2.64. The minimum Gasteiger partial charge on any atom is -0.469 e. The highest BCUT2D eigenvalue weighted by molar-refractivity contribution is 5.32. The van der Waals surface area contributed by atoms with Crippen LogP contribution >= 0.6 is 0 Å². The van der Waals surface area contributed by atoms with Crippen LogP contribution in [-0.4, -0.2) is 6.54 Å². The second-order valence-electron chi connectivity index (χ2n) is 4.59. The Labute approximate surface area is 85.5 Å². The number of furan rings is 1. The summed E-state index contributed by atoms with van der Waals surface area (Å²) in [5.41, 5.74) is 8.55. The van der Waals surface area contributed by atoms with E-state index in [1.807, 2.05) is 6.26 Å². The second kappa shape index (κ2) is 3.77. The van der Waals surface area contributed by atoms with Gasteiger partial charge in [0.05, 0.1) is 6.26 Å². The normalized spacial score (nSPS) is 21.3. The zero-order valence-corrected chi connectivity index (χ0v) is 9.05. The molecule has 1 unspecified atom stereocenters. The van der Waals surface area contributed by atoms with Crippen molar-refractivity contribution in [1.82, 2.24) is 0 Å². The lowest BCUT2D eigenvalue weighted by Gasteiger charge is -2.20. The van der Waals surface area contributed by atoms with E-state index in [9.17, 15) is 0 Å². The van der Waals surface area contributed by atoms with Crippen LogP contribution in [0.5, 0.6) is 0 Å². The van der Waals surface area contributed by atoms with Gasteiger partial charge >= 0.3 is 0 Å². The number of fused-ring (bicyclic) bond motifs is 1. The van der Waals surface area contributed by atoms with E-state index in [2.05, 4.69) is 13.8 Å². The molecule has 1 aromatic heterocycles. The van der Waals surface area contributed by atoms with Gasteiger partial charge in [-0.05, 0) is 42.3 Å². The second-order valence-corrected chi connectivity index (χ2v) is 4.59. The Morgan fingerprint density at radius 3 is 3.00 bits per heavy atom. The smallest absolute Gasteiger partial charge is 0.107 e. The van der Waals surface area contributed by atoms with Gasteiger partial charge in [0.25, 0.3) is 0 Å². The van der Waals surface area contributed by atoms with Crippen molar-refractivity contribution in [3.05, 3.63) is 23.2 Å². The molecule has 0 aromatic carbocycles. The molecule has 1 aliphatic rings. The average molecular weight is 193 g/mol. The summed E-state index contributed by atoms with van der Waals surface area (Å²) in [6.07, 6.45) is 5.36. The van der Waals surface area contributed by atoms with Gasteiger partial charge in [0.1, 0.15) is 5.76 Å². The maximum atomic E-state index is 5.69. The molecule has 14 heavy (non-hydrogen) atoms. The van der Waals surface area contributed by atoms with E-state index >= 15 is 0 Å². The van der Waals surface area contributed by atoms with Gasteiger partial charge in [-0.25, -0.2) is 0 Å². The molecule has 0 fully saturated rings. The quantitative estimate of drug-likeness (QED) is 0.783. The molecule has 1 aromatic rings. The van der Waals surface area contributed by atoms with Gasteiger partial charge in [-0.15, -0.1) is 0 Å². The highest BCUT2D eigenvalue weighted by Gasteiger charge is 2.23. The summed E-state index contributed by atoms with van der Waals surface area (Å²) in [7, 11) is 0. The third-order valence-corrected chi connectivity index (χ3v) is 3.25. The molecule has 0 amide bonds. The molecule has 0 bridgehead atoms. The van der Waals surface area contributed by atoms with Crippen LogP contribution in [-0.2, 0) is 12.8 Å². The van der Waals surface area contributed by atoms with Crippen molar-refractivity contribution in [3.63, 3.8) is 0 Å². The Morgan fingerprint density at radius 1 is 1.57 bits per heavy atom. The van der Waals surface area contributed by atoms with Crippen LogP contribution in [0.4, 0.5) is 0 Å². The maximum absolute atomic E-state index is 5.69. The van der Waals surface area contributed by atoms with Crippen LogP contribution in [0.15, 0.2) is 10.7 Å². The molecule has 2 heteroatoms. The van der Waals surface area contributed by atoms with E-state index in [1.165, 1.54) is 23.3 Å². The highest BCUT2D eigenvalue weighted by atomic mass is 16.3. The van der Waals surface area contributed by atoms with Gasteiger partial charge in [-0.1, -0.05) is 13.8 Å². The number of nitrogens with two attached hydrogens (primary N) is 1. The Hall–Kier alpha value is -0.760. The predicted molar refractivity (Wildman–Crippen MR) is 57.4 cm³/mol. The van der Waals surface area contributed by atoms with Crippen LogP contribution < -0.4 is 5.73 Å². The largest absolute Gasteiger partial charge is 0.469 e. The fourth-order valence-corrected chi connectivity index (χ4v) is 2.29. The summed E-state index contributed by atoms with van der Waals surface area (Å²) in [6, 6.07) is 0. The van der Waals surface area contributed by atoms with Crippen molar-refractivity contribution in [2.75, 3.05) is 6.54 Å². The predicted octanol–water partition coefficient (Wildman–Crippen LogP) is 2.47. The molecule has 0 aliphatic heterocycles. The summed E-state index contributed by atoms with van der Waals surface area (Å²) >= 11 is 0. The fourth-order valence-electron chi connectivity index (χ4n) is 2.29. The van der Waals surface area contributed by atoms with E-state index in [1.54, 1.807) is 0 Å². The molecule has 0 saturated heterocycles. The lowest BCUT2D eigenvalue weighted by molar-refractivity contribution is 0.397. The SMILES string of the molecule is CC(C)c1coc2c1CCC(CN)C2. The van der Waals surface area contributed by atoms with Crippen molar-refractivity contribution in [2.24, 2.45) is 11.7 Å². The molecule has 0 spiro atoms. The molecule has 0 radical (unpaired) electrons. The molecule has 78 valence electrons. The van der Waals surface area contributed by atoms with Gasteiger partial charge in [0, 0.05) is 6.42 Å². The van der Waals surface area contributed by atoms with E-state index in [-0.39, 0.29) is 0 Å². The van der Waals surface area contributed by atoms with Crippen LogP contribution in [0.2, 0.25) is 0 Å². The molecule has 0 saturated carbocycles. The van der Waals surface area contributed by atoms with Gasteiger partial charge in [-0.3, -0.25) is 0 Å². The van der Waals surface area contributed by atoms with Crippen LogP contribution in [0, 0.1) is 5.92 Å². The molecule has 2 rings (SSSR count). The highest BCUT2D eigenvalue weighted by Crippen LogP contribution is 2.32. The number of hydrogen-bond donors (Lipinski definition) is 1. The maximum Gasteiger partial charge on any atom is 0.107 e. The topological polar surface area (TPSA) is 39.2 Å². The molecule has 1 aliphatic carbocycles. The zero-order chi connectivity index (χ0) is 10.1. The first-order chi connectivity index (χ1) is 6.72. The summed E-state index contributed by atoms with van der Waals surface area (Å²) in [6.45, 7) is 5.23. The average Bonchev–Trinajstić information content (AvgIpc) is 2.59. The van der Waals surface area contributed by atoms with Crippen LogP contribution in [0.3, 0.4) is 0 Å². The number of rotatable bonds is 2. The zero-order valence-electron chi connectivity index (χ0n) is 9.05. The van der Waals surface area contributed by atoms with E-state index < -0.39 is 0 Å².